The number of hydrogen-bond donors (Lipinski definition) is 2. The number of rotatable bonds is 5. The van der Waals surface area contributed by atoms with Crippen LogP contribution in [-0.2, 0) is 4.79 Å². The summed E-state index contributed by atoms with van der Waals surface area (Å²) < 4.78 is 5.42. The van der Waals surface area contributed by atoms with Gasteiger partial charge in [-0.2, -0.15) is 0 Å². The quantitative estimate of drug-likeness (QED) is 0.803. The van der Waals surface area contributed by atoms with Crippen LogP contribution in [0.15, 0.2) is 30.3 Å². The number of carbonyl (C=O) groups is 1. The zero-order chi connectivity index (χ0) is 12.1. The summed E-state index contributed by atoms with van der Waals surface area (Å²) in [7, 11) is 0. The summed E-state index contributed by atoms with van der Waals surface area (Å²) in [5.74, 6) is 0.761. The Morgan fingerprint density at radius 2 is 2.06 bits per heavy atom. The molecule has 2 rings (SSSR count). The molecule has 0 heterocycles. The van der Waals surface area contributed by atoms with Crippen molar-refractivity contribution in [3.8, 4) is 5.75 Å². The van der Waals surface area contributed by atoms with Crippen molar-refractivity contribution < 1.29 is 14.6 Å². The molecule has 1 aromatic rings. The molecule has 17 heavy (non-hydrogen) atoms. The number of benzene rings is 1. The highest BCUT2D eigenvalue weighted by Crippen LogP contribution is 2.19. The van der Waals surface area contributed by atoms with Crippen molar-refractivity contribution in [1.82, 2.24) is 5.32 Å². The molecule has 4 heteroatoms. The number of carbonyl (C=O) groups excluding carboxylic acids is 1. The predicted molar refractivity (Wildman–Crippen MR) is 63.7 cm³/mol. The van der Waals surface area contributed by atoms with Gasteiger partial charge in [0.1, 0.15) is 5.75 Å². The van der Waals surface area contributed by atoms with Gasteiger partial charge in [0.15, 0.2) is 0 Å². The molecule has 1 aliphatic rings. The summed E-state index contributed by atoms with van der Waals surface area (Å²) in [6.07, 6.45) is 1.46. The Kier molecular flexibility index (Phi) is 3.98. The molecule has 0 aliphatic heterocycles. The third-order valence-corrected chi connectivity index (χ3v) is 2.82. The second kappa shape index (κ2) is 5.68. The van der Waals surface area contributed by atoms with Gasteiger partial charge in [0.2, 0.25) is 5.91 Å². The van der Waals surface area contributed by atoms with E-state index in [-0.39, 0.29) is 18.1 Å². The van der Waals surface area contributed by atoms with Crippen LogP contribution in [0, 0.1) is 0 Å². The van der Waals surface area contributed by atoms with Crippen LogP contribution < -0.4 is 10.1 Å². The first kappa shape index (κ1) is 11.9. The molecule has 4 nitrogen and oxygen atoms in total. The van der Waals surface area contributed by atoms with E-state index >= 15 is 0 Å². The zero-order valence-electron chi connectivity index (χ0n) is 9.63. The minimum Gasteiger partial charge on any atom is -0.493 e. The van der Waals surface area contributed by atoms with Crippen molar-refractivity contribution >= 4 is 5.91 Å². The number of hydrogen-bond acceptors (Lipinski definition) is 3. The largest absolute Gasteiger partial charge is 0.493 e. The van der Waals surface area contributed by atoms with Crippen molar-refractivity contribution in [1.29, 1.82) is 0 Å². The molecule has 0 aromatic heterocycles. The lowest BCUT2D eigenvalue weighted by Gasteiger charge is -2.31. The van der Waals surface area contributed by atoms with E-state index in [0.717, 1.165) is 5.75 Å². The lowest BCUT2D eigenvalue weighted by molar-refractivity contribution is -0.123. The first-order chi connectivity index (χ1) is 8.24. The molecule has 0 atom stereocenters. The maximum absolute atomic E-state index is 11.5. The fourth-order valence-corrected chi connectivity index (χ4v) is 1.78. The Balaban J connectivity index is 1.60. The number of nitrogens with one attached hydrogen (secondary N) is 1. The maximum atomic E-state index is 11.5. The number of aliphatic hydroxyl groups excluding tert-OH is 1. The average molecular weight is 235 g/mol. The molecule has 0 radical (unpaired) electrons. The summed E-state index contributed by atoms with van der Waals surface area (Å²) in [5.41, 5.74) is 0. The monoisotopic (exact) mass is 235 g/mol. The Morgan fingerprint density at radius 1 is 1.35 bits per heavy atom. The van der Waals surface area contributed by atoms with E-state index in [1.807, 2.05) is 30.3 Å². The van der Waals surface area contributed by atoms with E-state index < -0.39 is 0 Å². The maximum Gasteiger partial charge on any atom is 0.223 e. The van der Waals surface area contributed by atoms with Gasteiger partial charge in [-0.15, -0.1) is 0 Å². The topological polar surface area (TPSA) is 58.6 Å². The molecular weight excluding hydrogens is 218 g/mol. The highest BCUT2D eigenvalue weighted by molar-refractivity contribution is 5.76. The van der Waals surface area contributed by atoms with Crippen LogP contribution in [0.4, 0.5) is 0 Å². The molecule has 0 bridgehead atoms. The van der Waals surface area contributed by atoms with Crippen molar-refractivity contribution in [2.75, 3.05) is 6.61 Å². The van der Waals surface area contributed by atoms with Gasteiger partial charge >= 0.3 is 0 Å². The van der Waals surface area contributed by atoms with E-state index in [2.05, 4.69) is 5.32 Å². The Hall–Kier alpha value is -1.55. The van der Waals surface area contributed by atoms with Crippen LogP contribution in [0.3, 0.4) is 0 Å². The smallest absolute Gasteiger partial charge is 0.223 e. The van der Waals surface area contributed by atoms with Gasteiger partial charge in [0, 0.05) is 6.04 Å². The first-order valence-corrected chi connectivity index (χ1v) is 5.89. The van der Waals surface area contributed by atoms with Gasteiger partial charge in [-0.05, 0) is 25.0 Å². The standard InChI is InChI=1S/C13H17NO3/c15-11-8-10(9-11)14-13(16)6-7-17-12-4-2-1-3-5-12/h1-5,10-11,15H,6-9H2,(H,14,16). The van der Waals surface area contributed by atoms with Gasteiger partial charge in [-0.3, -0.25) is 4.79 Å². The number of ether oxygens (including phenoxy) is 1. The molecule has 1 aliphatic carbocycles. The van der Waals surface area contributed by atoms with Gasteiger partial charge < -0.3 is 15.2 Å². The van der Waals surface area contributed by atoms with E-state index in [9.17, 15) is 4.79 Å². The summed E-state index contributed by atoms with van der Waals surface area (Å²) in [6.45, 7) is 0.380. The van der Waals surface area contributed by atoms with Gasteiger partial charge in [0.25, 0.3) is 0 Å². The minimum atomic E-state index is -0.235. The van der Waals surface area contributed by atoms with Gasteiger partial charge in [-0.1, -0.05) is 18.2 Å². The molecule has 0 unspecified atom stereocenters. The summed E-state index contributed by atoms with van der Waals surface area (Å²) in [4.78, 5) is 11.5. The van der Waals surface area contributed by atoms with Crippen LogP contribution >= 0.6 is 0 Å². The van der Waals surface area contributed by atoms with E-state index in [1.54, 1.807) is 0 Å². The molecule has 1 saturated carbocycles. The molecule has 0 saturated heterocycles. The van der Waals surface area contributed by atoms with E-state index in [0.29, 0.717) is 25.9 Å². The van der Waals surface area contributed by atoms with Crippen molar-refractivity contribution in [2.45, 2.75) is 31.4 Å². The lowest BCUT2D eigenvalue weighted by atomic mass is 9.89. The predicted octanol–water partition coefficient (Wildman–Crippen LogP) is 1.09. The fraction of sp³-hybridized carbons (Fsp3) is 0.462. The minimum absolute atomic E-state index is 0.0159. The Bertz CT molecular complexity index is 360. The molecule has 92 valence electrons. The SMILES string of the molecule is O=C(CCOc1ccccc1)NC1CC(O)C1. The van der Waals surface area contributed by atoms with Crippen molar-refractivity contribution in [2.24, 2.45) is 0 Å². The van der Waals surface area contributed by atoms with Crippen LogP contribution in [0.25, 0.3) is 0 Å². The van der Waals surface area contributed by atoms with Crippen LogP contribution in [0.1, 0.15) is 19.3 Å². The second-order valence-corrected chi connectivity index (χ2v) is 4.30. The fourth-order valence-electron chi connectivity index (χ4n) is 1.78. The highest BCUT2D eigenvalue weighted by Gasteiger charge is 2.28. The average Bonchev–Trinajstić information content (AvgIpc) is 2.28. The number of para-hydroxylation sites is 1. The van der Waals surface area contributed by atoms with Crippen LogP contribution in [-0.4, -0.2) is 29.8 Å². The lowest BCUT2D eigenvalue weighted by Crippen LogP contribution is -2.46. The molecule has 1 aromatic carbocycles. The van der Waals surface area contributed by atoms with Crippen molar-refractivity contribution in [3.05, 3.63) is 30.3 Å². The number of aliphatic hydroxyl groups is 1. The summed E-state index contributed by atoms with van der Waals surface area (Å²) >= 11 is 0. The molecule has 0 spiro atoms. The highest BCUT2D eigenvalue weighted by atomic mass is 16.5. The van der Waals surface area contributed by atoms with Gasteiger partial charge in [-0.25, -0.2) is 0 Å². The normalized spacial score (nSPS) is 22.6. The summed E-state index contributed by atoms with van der Waals surface area (Å²) in [6, 6.07) is 9.58. The summed E-state index contributed by atoms with van der Waals surface area (Å²) in [5, 5.41) is 11.9. The second-order valence-electron chi connectivity index (χ2n) is 4.30. The molecule has 1 amide bonds. The third-order valence-electron chi connectivity index (χ3n) is 2.82. The third kappa shape index (κ3) is 3.75. The van der Waals surface area contributed by atoms with Gasteiger partial charge in [0.05, 0.1) is 19.1 Å². The molecule has 1 fully saturated rings. The van der Waals surface area contributed by atoms with Crippen LogP contribution in [0.2, 0.25) is 0 Å². The molecule has 2 N–H and O–H groups in total. The van der Waals surface area contributed by atoms with E-state index in [1.165, 1.54) is 0 Å². The first-order valence-electron chi connectivity index (χ1n) is 5.89. The van der Waals surface area contributed by atoms with Crippen LogP contribution in [0.5, 0.6) is 5.75 Å². The number of amides is 1. The van der Waals surface area contributed by atoms with Crippen molar-refractivity contribution in [3.63, 3.8) is 0 Å². The Labute approximate surface area is 101 Å². The zero-order valence-corrected chi connectivity index (χ0v) is 9.63. The Morgan fingerprint density at radius 3 is 2.71 bits per heavy atom. The van der Waals surface area contributed by atoms with E-state index in [4.69, 9.17) is 9.84 Å². The molecular formula is C13H17NO3.